The van der Waals surface area contributed by atoms with E-state index >= 15 is 0 Å². The molecule has 1 aromatic carbocycles. The summed E-state index contributed by atoms with van der Waals surface area (Å²) in [5.41, 5.74) is 1.52. The topological polar surface area (TPSA) is 71.3 Å². The van der Waals surface area contributed by atoms with Gasteiger partial charge in [-0.25, -0.2) is 4.79 Å². The molecule has 1 atom stereocenters. The summed E-state index contributed by atoms with van der Waals surface area (Å²) in [5, 5.41) is 14.3. The highest BCUT2D eigenvalue weighted by molar-refractivity contribution is 7.98. The fourth-order valence-electron chi connectivity index (χ4n) is 2.45. The number of thioether (sulfide) groups is 1. The third-order valence-electron chi connectivity index (χ3n) is 3.60. The smallest absolute Gasteiger partial charge is 0.319 e. The minimum Gasteiger partial charge on any atom is -0.328 e. The molecule has 2 amide bonds. The van der Waals surface area contributed by atoms with Gasteiger partial charge in [0.1, 0.15) is 0 Å². The van der Waals surface area contributed by atoms with Gasteiger partial charge in [-0.15, -0.1) is 10.2 Å². The summed E-state index contributed by atoms with van der Waals surface area (Å²) >= 11 is 1.73. The monoisotopic (exact) mass is 341 g/mol. The van der Waals surface area contributed by atoms with E-state index < -0.39 is 0 Å². The molecule has 3 aromatic rings. The van der Waals surface area contributed by atoms with Gasteiger partial charge in [0.05, 0.1) is 6.04 Å². The van der Waals surface area contributed by atoms with Crippen LogP contribution in [0.15, 0.2) is 54.7 Å². The molecule has 0 saturated carbocycles. The number of carbonyl (C=O) groups excluding carboxylic acids is 1. The van der Waals surface area contributed by atoms with Crippen LogP contribution in [0.5, 0.6) is 0 Å². The molecule has 0 bridgehead atoms. The van der Waals surface area contributed by atoms with Crippen molar-refractivity contribution in [1.82, 2.24) is 19.9 Å². The molecule has 124 valence electrons. The third kappa shape index (κ3) is 3.86. The van der Waals surface area contributed by atoms with E-state index in [-0.39, 0.29) is 12.1 Å². The van der Waals surface area contributed by atoms with E-state index in [0.717, 1.165) is 29.3 Å². The third-order valence-corrected chi connectivity index (χ3v) is 4.24. The number of rotatable bonds is 6. The van der Waals surface area contributed by atoms with E-state index in [1.165, 1.54) is 0 Å². The number of nitrogens with zero attached hydrogens (tertiary/aromatic N) is 3. The molecule has 0 aliphatic rings. The lowest BCUT2D eigenvalue weighted by Crippen LogP contribution is -2.34. The second-order valence-corrected chi connectivity index (χ2v) is 6.27. The van der Waals surface area contributed by atoms with E-state index in [2.05, 4.69) is 20.8 Å². The van der Waals surface area contributed by atoms with Gasteiger partial charge < -0.3 is 10.6 Å². The van der Waals surface area contributed by atoms with E-state index in [1.807, 2.05) is 65.4 Å². The van der Waals surface area contributed by atoms with Gasteiger partial charge in [0.2, 0.25) is 0 Å². The molecule has 24 heavy (non-hydrogen) atoms. The zero-order valence-electron chi connectivity index (χ0n) is 13.3. The second kappa shape index (κ2) is 7.83. The largest absolute Gasteiger partial charge is 0.328 e. The van der Waals surface area contributed by atoms with Gasteiger partial charge in [0, 0.05) is 11.9 Å². The number of benzene rings is 1. The lowest BCUT2D eigenvalue weighted by atomic mass is 10.2. The Morgan fingerprint density at radius 1 is 1.17 bits per heavy atom. The Kier molecular flexibility index (Phi) is 5.32. The van der Waals surface area contributed by atoms with Gasteiger partial charge in [0.15, 0.2) is 11.5 Å². The van der Waals surface area contributed by atoms with Crippen LogP contribution in [0.4, 0.5) is 10.5 Å². The van der Waals surface area contributed by atoms with Crippen molar-refractivity contribution < 1.29 is 4.79 Å². The van der Waals surface area contributed by atoms with Crippen LogP contribution in [0.25, 0.3) is 5.65 Å². The standard InChI is InChI=1S/C17H19N5OS/c1-24-12-10-14(16-21-20-15-9-5-6-11-22(15)16)19-17(23)18-13-7-3-2-4-8-13/h2-9,11,14H,10,12H2,1H3,(H2,18,19,23)/t14-/m1/s1. The van der Waals surface area contributed by atoms with Gasteiger partial charge in [-0.05, 0) is 42.7 Å². The maximum absolute atomic E-state index is 12.3. The highest BCUT2D eigenvalue weighted by atomic mass is 32.2. The van der Waals surface area contributed by atoms with Crippen molar-refractivity contribution in [2.24, 2.45) is 0 Å². The molecule has 2 N–H and O–H groups in total. The van der Waals surface area contributed by atoms with Gasteiger partial charge in [-0.1, -0.05) is 24.3 Å². The maximum Gasteiger partial charge on any atom is 0.319 e. The quantitative estimate of drug-likeness (QED) is 0.721. The van der Waals surface area contributed by atoms with Crippen LogP contribution in [-0.2, 0) is 0 Å². The SMILES string of the molecule is CSCC[C@@H](NC(=O)Nc1ccccc1)c1nnc2ccccn12. The molecule has 7 heteroatoms. The number of hydrogen-bond acceptors (Lipinski definition) is 4. The van der Waals surface area contributed by atoms with Crippen molar-refractivity contribution in [2.75, 3.05) is 17.3 Å². The molecular weight excluding hydrogens is 322 g/mol. The molecule has 0 unspecified atom stereocenters. The number of anilines is 1. The van der Waals surface area contributed by atoms with Crippen LogP contribution in [-0.4, -0.2) is 32.6 Å². The Labute approximate surface area is 144 Å². The van der Waals surface area contributed by atoms with Crippen molar-refractivity contribution in [3.8, 4) is 0 Å². The Morgan fingerprint density at radius 2 is 1.96 bits per heavy atom. The molecular formula is C17H19N5OS. The fourth-order valence-corrected chi connectivity index (χ4v) is 2.92. The highest BCUT2D eigenvalue weighted by Crippen LogP contribution is 2.18. The predicted molar refractivity (Wildman–Crippen MR) is 97.3 cm³/mol. The first-order valence-electron chi connectivity index (χ1n) is 7.69. The van der Waals surface area contributed by atoms with E-state index in [4.69, 9.17) is 0 Å². The lowest BCUT2D eigenvalue weighted by molar-refractivity contribution is 0.247. The molecule has 0 fully saturated rings. The van der Waals surface area contributed by atoms with E-state index in [1.54, 1.807) is 11.8 Å². The van der Waals surface area contributed by atoms with Gasteiger partial charge in [0.25, 0.3) is 0 Å². The Morgan fingerprint density at radius 3 is 2.75 bits per heavy atom. The summed E-state index contributed by atoms with van der Waals surface area (Å²) < 4.78 is 1.91. The number of carbonyl (C=O) groups is 1. The van der Waals surface area contributed by atoms with Crippen molar-refractivity contribution in [1.29, 1.82) is 0 Å². The number of fused-ring (bicyclic) bond motifs is 1. The van der Waals surface area contributed by atoms with Crippen LogP contribution >= 0.6 is 11.8 Å². The highest BCUT2D eigenvalue weighted by Gasteiger charge is 2.20. The molecule has 0 aliphatic heterocycles. The minimum absolute atomic E-state index is 0.210. The second-order valence-electron chi connectivity index (χ2n) is 5.29. The predicted octanol–water partition coefficient (Wildman–Crippen LogP) is 3.35. The molecule has 6 nitrogen and oxygen atoms in total. The number of pyridine rings is 1. The summed E-state index contributed by atoms with van der Waals surface area (Å²) in [7, 11) is 0. The van der Waals surface area contributed by atoms with E-state index in [0.29, 0.717) is 0 Å². The maximum atomic E-state index is 12.3. The zero-order chi connectivity index (χ0) is 16.8. The van der Waals surface area contributed by atoms with Crippen LogP contribution in [0, 0.1) is 0 Å². The molecule has 0 radical (unpaired) electrons. The average Bonchev–Trinajstić information content (AvgIpc) is 3.03. The van der Waals surface area contributed by atoms with Gasteiger partial charge >= 0.3 is 6.03 Å². The molecule has 0 spiro atoms. The Hall–Kier alpha value is -2.54. The minimum atomic E-state index is -0.250. The summed E-state index contributed by atoms with van der Waals surface area (Å²) in [4.78, 5) is 12.3. The molecule has 2 heterocycles. The first kappa shape index (κ1) is 16.3. The number of hydrogen-bond donors (Lipinski definition) is 2. The molecule has 3 rings (SSSR count). The first-order valence-corrected chi connectivity index (χ1v) is 9.08. The first-order chi connectivity index (χ1) is 11.8. The Bertz CT molecular complexity index is 805. The Balaban J connectivity index is 1.77. The summed E-state index contributed by atoms with van der Waals surface area (Å²) in [5.74, 6) is 1.65. The van der Waals surface area contributed by atoms with Crippen molar-refractivity contribution in [2.45, 2.75) is 12.5 Å². The van der Waals surface area contributed by atoms with Crippen molar-refractivity contribution in [3.63, 3.8) is 0 Å². The average molecular weight is 341 g/mol. The number of nitrogens with one attached hydrogen (secondary N) is 2. The summed E-state index contributed by atoms with van der Waals surface area (Å²) in [6, 6.07) is 14.7. The van der Waals surface area contributed by atoms with Crippen LogP contribution in [0.3, 0.4) is 0 Å². The lowest BCUT2D eigenvalue weighted by Gasteiger charge is -2.17. The van der Waals surface area contributed by atoms with Crippen LogP contribution in [0.1, 0.15) is 18.3 Å². The van der Waals surface area contributed by atoms with Crippen molar-refractivity contribution >= 4 is 29.1 Å². The zero-order valence-corrected chi connectivity index (χ0v) is 14.2. The fraction of sp³-hybridized carbons (Fsp3) is 0.235. The summed E-state index contributed by atoms with van der Waals surface area (Å²) in [6.45, 7) is 0. The number of urea groups is 1. The molecule has 2 aromatic heterocycles. The number of para-hydroxylation sites is 1. The van der Waals surface area contributed by atoms with Crippen LogP contribution < -0.4 is 10.6 Å². The van der Waals surface area contributed by atoms with Gasteiger partial charge in [-0.3, -0.25) is 4.40 Å². The van der Waals surface area contributed by atoms with Gasteiger partial charge in [-0.2, -0.15) is 11.8 Å². The number of aromatic nitrogens is 3. The van der Waals surface area contributed by atoms with E-state index in [9.17, 15) is 4.79 Å². The summed E-state index contributed by atoms with van der Waals surface area (Å²) in [6.07, 6.45) is 4.73. The molecule has 0 saturated heterocycles. The number of amides is 2. The normalized spacial score (nSPS) is 12.0. The van der Waals surface area contributed by atoms with Crippen molar-refractivity contribution in [3.05, 3.63) is 60.6 Å². The molecule has 0 aliphatic carbocycles. The van der Waals surface area contributed by atoms with Crippen LogP contribution in [0.2, 0.25) is 0 Å².